The quantitative estimate of drug-likeness (QED) is 0.792. The van der Waals surface area contributed by atoms with Gasteiger partial charge in [0.2, 0.25) is 0 Å². The average molecular weight is 273 g/mol. The Labute approximate surface area is 115 Å². The number of nitriles is 1. The number of carbonyl (C=O) groups excluding carboxylic acids is 1. The first-order chi connectivity index (χ1) is 9.15. The van der Waals surface area contributed by atoms with Crippen LogP contribution in [0, 0.1) is 17.1 Å². The summed E-state index contributed by atoms with van der Waals surface area (Å²) in [5.41, 5.74) is 0.528. The van der Waals surface area contributed by atoms with Gasteiger partial charge in [0.15, 0.2) is 5.78 Å². The molecule has 2 rings (SSSR count). The summed E-state index contributed by atoms with van der Waals surface area (Å²) in [5.74, 6) is -1.47. The molecule has 0 N–H and O–H groups in total. The van der Waals surface area contributed by atoms with Crippen LogP contribution in [0.3, 0.4) is 0 Å². The molecule has 0 fully saturated rings. The SMILES string of the molecule is CCc1ccc(C(=O)C(C#N)c2ccc(F)cc2)s1. The monoisotopic (exact) mass is 273 g/mol. The van der Waals surface area contributed by atoms with Gasteiger partial charge in [0.1, 0.15) is 11.7 Å². The van der Waals surface area contributed by atoms with Gasteiger partial charge in [0.25, 0.3) is 0 Å². The first-order valence-electron chi connectivity index (χ1n) is 5.93. The number of halogens is 1. The second-order valence-electron chi connectivity index (χ2n) is 4.10. The zero-order valence-electron chi connectivity index (χ0n) is 10.4. The van der Waals surface area contributed by atoms with Gasteiger partial charge in [-0.1, -0.05) is 19.1 Å². The molecule has 1 atom stereocenters. The van der Waals surface area contributed by atoms with Gasteiger partial charge < -0.3 is 0 Å². The number of aryl methyl sites for hydroxylation is 1. The van der Waals surface area contributed by atoms with Crippen LogP contribution in [0.2, 0.25) is 0 Å². The molecule has 0 bridgehead atoms. The number of Topliss-reactive ketones (excluding diaryl/α,β-unsaturated/α-hetero) is 1. The van der Waals surface area contributed by atoms with E-state index in [1.54, 1.807) is 6.07 Å². The van der Waals surface area contributed by atoms with Gasteiger partial charge in [-0.2, -0.15) is 5.26 Å². The largest absolute Gasteiger partial charge is 0.291 e. The molecule has 0 spiro atoms. The lowest BCUT2D eigenvalue weighted by molar-refractivity contribution is 0.0982. The van der Waals surface area contributed by atoms with Gasteiger partial charge in [-0.3, -0.25) is 4.79 Å². The van der Waals surface area contributed by atoms with Crippen molar-refractivity contribution in [2.24, 2.45) is 0 Å². The molecule has 0 amide bonds. The van der Waals surface area contributed by atoms with Gasteiger partial charge >= 0.3 is 0 Å². The molecule has 1 aromatic carbocycles. The predicted octanol–water partition coefficient (Wildman–Crippen LogP) is 3.94. The second kappa shape index (κ2) is 5.77. The van der Waals surface area contributed by atoms with Crippen LogP contribution in [0.15, 0.2) is 36.4 Å². The van der Waals surface area contributed by atoms with Crippen molar-refractivity contribution in [3.63, 3.8) is 0 Å². The van der Waals surface area contributed by atoms with E-state index in [4.69, 9.17) is 0 Å². The molecule has 4 heteroatoms. The van der Waals surface area contributed by atoms with Crippen molar-refractivity contribution in [1.82, 2.24) is 0 Å². The summed E-state index contributed by atoms with van der Waals surface area (Å²) in [7, 11) is 0. The maximum absolute atomic E-state index is 12.9. The van der Waals surface area contributed by atoms with Gasteiger partial charge in [-0.15, -0.1) is 11.3 Å². The number of nitrogens with zero attached hydrogens (tertiary/aromatic N) is 1. The molecule has 0 saturated heterocycles. The standard InChI is InChI=1S/C15H12FNOS/c1-2-12-7-8-14(19-12)15(18)13(9-17)10-3-5-11(16)6-4-10/h3-8,13H,2H2,1H3. The number of carbonyl (C=O) groups is 1. The number of rotatable bonds is 4. The average Bonchev–Trinajstić information content (AvgIpc) is 2.90. The van der Waals surface area contributed by atoms with Gasteiger partial charge in [0.05, 0.1) is 10.9 Å². The van der Waals surface area contributed by atoms with Crippen molar-refractivity contribution in [3.05, 3.63) is 57.5 Å². The Balaban J connectivity index is 2.29. The lowest BCUT2D eigenvalue weighted by Gasteiger charge is -2.06. The molecule has 1 heterocycles. The Morgan fingerprint density at radius 2 is 2.00 bits per heavy atom. The molecular formula is C15H12FNOS. The molecule has 1 aromatic heterocycles. The lowest BCUT2D eigenvalue weighted by Crippen LogP contribution is -2.09. The van der Waals surface area contributed by atoms with Gasteiger partial charge in [-0.25, -0.2) is 4.39 Å². The Kier molecular flexibility index (Phi) is 4.08. The van der Waals surface area contributed by atoms with E-state index in [1.807, 2.05) is 19.1 Å². The Morgan fingerprint density at radius 3 is 2.53 bits per heavy atom. The van der Waals surface area contributed by atoms with Crippen molar-refractivity contribution < 1.29 is 9.18 Å². The molecule has 0 aliphatic rings. The highest BCUT2D eigenvalue weighted by molar-refractivity contribution is 7.14. The van der Waals surface area contributed by atoms with E-state index >= 15 is 0 Å². The summed E-state index contributed by atoms with van der Waals surface area (Å²) in [6.07, 6.45) is 0.867. The van der Waals surface area contributed by atoms with Crippen LogP contribution in [0.25, 0.3) is 0 Å². The molecule has 0 aliphatic heterocycles. The van der Waals surface area contributed by atoms with Crippen molar-refractivity contribution in [3.8, 4) is 6.07 Å². The van der Waals surface area contributed by atoms with E-state index in [0.717, 1.165) is 11.3 Å². The van der Waals surface area contributed by atoms with Crippen molar-refractivity contribution in [2.75, 3.05) is 0 Å². The first-order valence-corrected chi connectivity index (χ1v) is 6.75. The van der Waals surface area contributed by atoms with Crippen LogP contribution < -0.4 is 0 Å². The molecule has 96 valence electrons. The molecular weight excluding hydrogens is 261 g/mol. The highest BCUT2D eigenvalue weighted by Crippen LogP contribution is 2.25. The molecule has 0 aliphatic carbocycles. The summed E-state index contributed by atoms with van der Waals surface area (Å²) in [5, 5.41) is 9.18. The summed E-state index contributed by atoms with van der Waals surface area (Å²) < 4.78 is 12.9. The summed E-state index contributed by atoms with van der Waals surface area (Å²) in [4.78, 5) is 14.0. The first kappa shape index (κ1) is 13.4. The second-order valence-corrected chi connectivity index (χ2v) is 5.27. The summed E-state index contributed by atoms with van der Waals surface area (Å²) in [6.45, 7) is 2.02. The van der Waals surface area contributed by atoms with E-state index in [1.165, 1.54) is 35.6 Å². The lowest BCUT2D eigenvalue weighted by atomic mass is 9.95. The topological polar surface area (TPSA) is 40.9 Å². The fraction of sp³-hybridized carbons (Fsp3) is 0.200. The van der Waals surface area contributed by atoms with Gasteiger partial charge in [-0.05, 0) is 36.2 Å². The fourth-order valence-electron chi connectivity index (χ4n) is 1.78. The van der Waals surface area contributed by atoms with Crippen LogP contribution in [0.1, 0.15) is 33.0 Å². The number of hydrogen-bond acceptors (Lipinski definition) is 3. The van der Waals surface area contributed by atoms with Crippen LogP contribution in [0.4, 0.5) is 4.39 Å². The van der Waals surface area contributed by atoms with Crippen LogP contribution >= 0.6 is 11.3 Å². The van der Waals surface area contributed by atoms with E-state index in [9.17, 15) is 14.4 Å². The van der Waals surface area contributed by atoms with E-state index in [2.05, 4.69) is 0 Å². The fourth-order valence-corrected chi connectivity index (χ4v) is 2.70. The highest BCUT2D eigenvalue weighted by atomic mass is 32.1. The zero-order valence-corrected chi connectivity index (χ0v) is 11.2. The maximum atomic E-state index is 12.9. The van der Waals surface area contributed by atoms with Crippen LogP contribution in [0.5, 0.6) is 0 Å². The normalized spacial score (nSPS) is 11.8. The smallest absolute Gasteiger partial charge is 0.194 e. The minimum absolute atomic E-state index is 0.223. The van der Waals surface area contributed by atoms with Gasteiger partial charge in [0, 0.05) is 4.88 Å². The Bertz CT molecular complexity index is 624. The number of benzene rings is 1. The third-order valence-electron chi connectivity index (χ3n) is 2.85. The highest BCUT2D eigenvalue weighted by Gasteiger charge is 2.23. The third-order valence-corrected chi connectivity index (χ3v) is 4.09. The van der Waals surface area contributed by atoms with Crippen LogP contribution in [-0.4, -0.2) is 5.78 Å². The summed E-state index contributed by atoms with van der Waals surface area (Å²) >= 11 is 1.41. The number of hydrogen-bond donors (Lipinski definition) is 0. The van der Waals surface area contributed by atoms with Crippen LogP contribution in [-0.2, 0) is 6.42 Å². The Hall–Kier alpha value is -1.99. The molecule has 19 heavy (non-hydrogen) atoms. The summed E-state index contributed by atoms with van der Waals surface area (Å²) in [6, 6.07) is 11.1. The minimum Gasteiger partial charge on any atom is -0.291 e. The maximum Gasteiger partial charge on any atom is 0.194 e. The van der Waals surface area contributed by atoms with Crippen molar-refractivity contribution in [1.29, 1.82) is 5.26 Å². The molecule has 2 nitrogen and oxygen atoms in total. The predicted molar refractivity (Wildman–Crippen MR) is 72.8 cm³/mol. The number of thiophene rings is 1. The van der Waals surface area contributed by atoms with Crippen molar-refractivity contribution in [2.45, 2.75) is 19.3 Å². The van der Waals surface area contributed by atoms with E-state index in [-0.39, 0.29) is 11.6 Å². The Morgan fingerprint density at radius 1 is 1.32 bits per heavy atom. The number of ketones is 1. The third kappa shape index (κ3) is 2.88. The molecule has 0 saturated carbocycles. The minimum atomic E-state index is -0.871. The van der Waals surface area contributed by atoms with E-state index in [0.29, 0.717) is 10.4 Å². The molecule has 0 radical (unpaired) electrons. The zero-order chi connectivity index (χ0) is 13.8. The molecule has 1 unspecified atom stereocenters. The van der Waals surface area contributed by atoms with Crippen molar-refractivity contribution >= 4 is 17.1 Å². The van der Waals surface area contributed by atoms with E-state index < -0.39 is 5.92 Å². The molecule has 2 aromatic rings.